The molecule has 0 aliphatic heterocycles. The van der Waals surface area contributed by atoms with Crippen LogP contribution in [0.3, 0.4) is 0 Å². The van der Waals surface area contributed by atoms with Crippen LogP contribution in [0.5, 0.6) is 0 Å². The molecule has 28 heavy (non-hydrogen) atoms. The fraction of sp³-hybridized carbons (Fsp3) is 0.273. The molecule has 1 aromatic carbocycles. The van der Waals surface area contributed by atoms with Crippen LogP contribution in [0.15, 0.2) is 59.0 Å². The molecule has 6 heteroatoms. The Labute approximate surface area is 164 Å². The molecule has 0 atom stereocenters. The summed E-state index contributed by atoms with van der Waals surface area (Å²) in [4.78, 5) is 27.2. The monoisotopic (exact) mass is 379 g/mol. The average molecular weight is 379 g/mol. The minimum Gasteiger partial charge on any atom is -0.459 e. The van der Waals surface area contributed by atoms with Crippen LogP contribution in [0.4, 0.5) is 0 Å². The van der Waals surface area contributed by atoms with Gasteiger partial charge in [-0.2, -0.15) is 0 Å². The summed E-state index contributed by atoms with van der Waals surface area (Å²) in [7, 11) is 0. The summed E-state index contributed by atoms with van der Waals surface area (Å²) in [6, 6.07) is 11.2. The molecule has 0 aliphatic rings. The highest BCUT2D eigenvalue weighted by Gasteiger charge is 2.20. The van der Waals surface area contributed by atoms with Gasteiger partial charge in [0.15, 0.2) is 5.76 Å². The molecule has 3 aromatic rings. The van der Waals surface area contributed by atoms with Gasteiger partial charge in [0.2, 0.25) is 0 Å². The highest BCUT2D eigenvalue weighted by atomic mass is 16.3. The SMILES string of the molecule is CCN(CC)C(=O)/C(=C/c1cn(CC)c2ccccc12)NC(=O)c1ccco1. The van der Waals surface area contributed by atoms with Gasteiger partial charge in [-0.15, -0.1) is 0 Å². The smallest absolute Gasteiger partial charge is 0.291 e. The maximum absolute atomic E-state index is 13.0. The Morgan fingerprint density at radius 1 is 1.11 bits per heavy atom. The fourth-order valence-corrected chi connectivity index (χ4v) is 3.23. The van der Waals surface area contributed by atoms with Crippen molar-refractivity contribution in [1.82, 2.24) is 14.8 Å². The number of nitrogens with one attached hydrogen (secondary N) is 1. The fourth-order valence-electron chi connectivity index (χ4n) is 3.23. The van der Waals surface area contributed by atoms with Crippen molar-refractivity contribution in [3.05, 3.63) is 65.9 Å². The summed E-state index contributed by atoms with van der Waals surface area (Å²) in [6.45, 7) is 7.82. The number of likely N-dealkylation sites (N-methyl/N-ethyl adjacent to an activating group) is 1. The topological polar surface area (TPSA) is 67.5 Å². The maximum Gasteiger partial charge on any atom is 0.291 e. The van der Waals surface area contributed by atoms with E-state index in [1.54, 1.807) is 23.1 Å². The quantitative estimate of drug-likeness (QED) is 0.633. The van der Waals surface area contributed by atoms with E-state index in [2.05, 4.69) is 16.8 Å². The first-order valence-electron chi connectivity index (χ1n) is 9.52. The lowest BCUT2D eigenvalue weighted by Gasteiger charge is -2.20. The number of carbonyl (C=O) groups is 2. The van der Waals surface area contributed by atoms with Crippen LogP contribution >= 0.6 is 0 Å². The minimum atomic E-state index is -0.448. The molecule has 0 fully saturated rings. The number of nitrogens with zero attached hydrogens (tertiary/aromatic N) is 2. The normalized spacial score (nSPS) is 11.6. The molecule has 0 spiro atoms. The number of para-hydroxylation sites is 1. The van der Waals surface area contributed by atoms with E-state index in [1.165, 1.54) is 6.26 Å². The van der Waals surface area contributed by atoms with Gasteiger partial charge in [-0.05, 0) is 45.0 Å². The number of hydrogen-bond acceptors (Lipinski definition) is 3. The van der Waals surface area contributed by atoms with E-state index >= 15 is 0 Å². The molecule has 0 bridgehead atoms. The summed E-state index contributed by atoms with van der Waals surface area (Å²) in [5, 5.41) is 3.77. The van der Waals surface area contributed by atoms with Crippen LogP contribution in [-0.2, 0) is 11.3 Å². The number of amides is 2. The van der Waals surface area contributed by atoms with Crippen molar-refractivity contribution in [2.24, 2.45) is 0 Å². The van der Waals surface area contributed by atoms with Gasteiger partial charge in [-0.25, -0.2) is 0 Å². The first-order valence-corrected chi connectivity index (χ1v) is 9.52. The Hall–Kier alpha value is -3.28. The first kappa shape index (κ1) is 19.5. The lowest BCUT2D eigenvalue weighted by atomic mass is 10.1. The second-order valence-corrected chi connectivity index (χ2v) is 6.35. The summed E-state index contributed by atoms with van der Waals surface area (Å²) < 4.78 is 7.28. The molecule has 2 aromatic heterocycles. The molecular weight excluding hydrogens is 354 g/mol. The van der Waals surface area contributed by atoms with Crippen LogP contribution in [-0.4, -0.2) is 34.4 Å². The van der Waals surface area contributed by atoms with E-state index in [0.29, 0.717) is 13.1 Å². The van der Waals surface area contributed by atoms with Crippen molar-refractivity contribution in [1.29, 1.82) is 0 Å². The van der Waals surface area contributed by atoms with Crippen molar-refractivity contribution >= 4 is 28.8 Å². The number of hydrogen-bond donors (Lipinski definition) is 1. The van der Waals surface area contributed by atoms with Crippen molar-refractivity contribution in [2.75, 3.05) is 13.1 Å². The van der Waals surface area contributed by atoms with Crippen molar-refractivity contribution in [3.8, 4) is 0 Å². The largest absolute Gasteiger partial charge is 0.459 e. The third kappa shape index (κ3) is 3.86. The molecule has 0 saturated carbocycles. The van der Waals surface area contributed by atoms with Crippen LogP contribution in [0.2, 0.25) is 0 Å². The zero-order valence-corrected chi connectivity index (χ0v) is 16.4. The number of benzene rings is 1. The second kappa shape index (κ2) is 8.61. The number of fused-ring (bicyclic) bond motifs is 1. The third-order valence-electron chi connectivity index (χ3n) is 4.73. The summed E-state index contributed by atoms with van der Waals surface area (Å²) >= 11 is 0. The molecule has 3 rings (SSSR count). The van der Waals surface area contributed by atoms with Crippen molar-refractivity contribution in [3.63, 3.8) is 0 Å². The Morgan fingerprint density at radius 2 is 1.86 bits per heavy atom. The van der Waals surface area contributed by atoms with E-state index in [1.807, 2.05) is 44.3 Å². The summed E-state index contributed by atoms with van der Waals surface area (Å²) in [5.41, 5.74) is 2.19. The molecule has 0 saturated heterocycles. The Morgan fingerprint density at radius 3 is 2.50 bits per heavy atom. The van der Waals surface area contributed by atoms with Gasteiger partial charge in [0.25, 0.3) is 11.8 Å². The van der Waals surface area contributed by atoms with Crippen LogP contribution in [0.25, 0.3) is 17.0 Å². The van der Waals surface area contributed by atoms with Crippen LogP contribution in [0, 0.1) is 0 Å². The molecule has 2 amide bonds. The standard InChI is InChI=1S/C22H25N3O3/c1-4-24(5-2)22(27)18(23-21(26)20-12-9-13-28-20)14-16-15-25(6-3)19-11-8-7-10-17(16)19/h7-15H,4-6H2,1-3H3,(H,23,26)/b18-14-. The van der Waals surface area contributed by atoms with Gasteiger partial charge in [-0.1, -0.05) is 18.2 Å². The summed E-state index contributed by atoms with van der Waals surface area (Å²) in [6.07, 6.45) is 5.18. The maximum atomic E-state index is 13.0. The molecule has 146 valence electrons. The number of furan rings is 1. The average Bonchev–Trinajstić information content (AvgIpc) is 3.37. The van der Waals surface area contributed by atoms with E-state index in [0.717, 1.165) is 23.0 Å². The zero-order valence-electron chi connectivity index (χ0n) is 16.4. The van der Waals surface area contributed by atoms with E-state index in [4.69, 9.17) is 4.42 Å². The van der Waals surface area contributed by atoms with Gasteiger partial charge in [0.05, 0.1) is 6.26 Å². The van der Waals surface area contributed by atoms with Gasteiger partial charge < -0.3 is 19.2 Å². The lowest BCUT2D eigenvalue weighted by Crippen LogP contribution is -2.38. The highest BCUT2D eigenvalue weighted by molar-refractivity contribution is 6.05. The van der Waals surface area contributed by atoms with Crippen molar-refractivity contribution < 1.29 is 14.0 Å². The van der Waals surface area contributed by atoms with Gasteiger partial charge in [0.1, 0.15) is 5.70 Å². The Bertz CT molecular complexity index is 995. The van der Waals surface area contributed by atoms with Crippen LogP contribution < -0.4 is 5.32 Å². The van der Waals surface area contributed by atoms with Crippen LogP contribution in [0.1, 0.15) is 36.9 Å². The highest BCUT2D eigenvalue weighted by Crippen LogP contribution is 2.23. The van der Waals surface area contributed by atoms with E-state index in [9.17, 15) is 9.59 Å². The molecular formula is C22H25N3O3. The van der Waals surface area contributed by atoms with Gasteiger partial charge in [0, 0.05) is 42.3 Å². The predicted molar refractivity (Wildman–Crippen MR) is 110 cm³/mol. The summed E-state index contributed by atoms with van der Waals surface area (Å²) in [5.74, 6) is -0.511. The van der Waals surface area contributed by atoms with E-state index in [-0.39, 0.29) is 17.4 Å². The first-order chi connectivity index (χ1) is 13.6. The molecule has 2 heterocycles. The zero-order chi connectivity index (χ0) is 20.1. The molecule has 0 unspecified atom stereocenters. The third-order valence-corrected chi connectivity index (χ3v) is 4.73. The number of aromatic nitrogens is 1. The van der Waals surface area contributed by atoms with E-state index < -0.39 is 5.91 Å². The number of rotatable bonds is 7. The number of aryl methyl sites for hydroxylation is 1. The Kier molecular flexibility index (Phi) is 5.99. The second-order valence-electron chi connectivity index (χ2n) is 6.35. The lowest BCUT2D eigenvalue weighted by molar-refractivity contribution is -0.127. The van der Waals surface area contributed by atoms with Crippen molar-refractivity contribution in [2.45, 2.75) is 27.3 Å². The number of carbonyl (C=O) groups excluding carboxylic acids is 2. The molecule has 1 N–H and O–H groups in total. The van der Waals surface area contributed by atoms with Gasteiger partial charge >= 0.3 is 0 Å². The Balaban J connectivity index is 2.05. The molecule has 0 aliphatic carbocycles. The molecule has 6 nitrogen and oxygen atoms in total. The molecule has 0 radical (unpaired) electrons. The minimum absolute atomic E-state index is 0.161. The predicted octanol–water partition coefficient (Wildman–Crippen LogP) is 3.89. The van der Waals surface area contributed by atoms with Gasteiger partial charge in [-0.3, -0.25) is 9.59 Å².